The molecule has 0 unspecified atom stereocenters. The zero-order valence-corrected chi connectivity index (χ0v) is 16.4. The second kappa shape index (κ2) is 9.04. The normalized spacial score (nSPS) is 14.5. The van der Waals surface area contributed by atoms with Crippen LogP contribution in [0.2, 0.25) is 0 Å². The van der Waals surface area contributed by atoms with E-state index in [9.17, 15) is 5.26 Å². The third kappa shape index (κ3) is 4.62. The monoisotopic (exact) mass is 398 g/mol. The van der Waals surface area contributed by atoms with Crippen LogP contribution >= 0.6 is 11.8 Å². The lowest BCUT2D eigenvalue weighted by Crippen LogP contribution is -2.10. The summed E-state index contributed by atoms with van der Waals surface area (Å²) in [5.41, 5.74) is 4.27. The molecule has 6 nitrogen and oxygen atoms in total. The largest absolute Gasteiger partial charge is 0.354 e. The van der Waals surface area contributed by atoms with Gasteiger partial charge in [-0.25, -0.2) is 9.97 Å². The highest BCUT2D eigenvalue weighted by Crippen LogP contribution is 2.34. The van der Waals surface area contributed by atoms with Gasteiger partial charge in [0.15, 0.2) is 0 Å². The molecule has 1 aromatic carbocycles. The predicted octanol–water partition coefficient (Wildman–Crippen LogP) is 4.05. The smallest absolute Gasteiger partial charge is 0.223 e. The molecule has 0 aliphatic carbocycles. The lowest BCUT2D eigenvalue weighted by atomic mass is 10.1. The van der Waals surface area contributed by atoms with Crippen molar-refractivity contribution < 1.29 is 0 Å². The highest BCUT2D eigenvalue weighted by molar-refractivity contribution is 8.06. The first kappa shape index (κ1) is 18.7. The van der Waals surface area contributed by atoms with Crippen molar-refractivity contribution in [1.82, 2.24) is 20.3 Å². The van der Waals surface area contributed by atoms with Crippen LogP contribution in [-0.2, 0) is 6.42 Å². The molecule has 0 spiro atoms. The predicted molar refractivity (Wildman–Crippen MR) is 116 cm³/mol. The molecular formula is C22H18N6S. The summed E-state index contributed by atoms with van der Waals surface area (Å²) in [5, 5.41) is 19.1. The van der Waals surface area contributed by atoms with E-state index in [1.54, 1.807) is 18.5 Å². The standard InChI is InChI=1S/C22H18N6S/c23-13-18(21-27-20(15-29-21)17-6-2-1-3-7-17)19-9-12-26-22(28-19)25-11-8-16-5-4-10-24-14-16/h1-7,9-10,12,14-15,27H,8,11H2,(H,25,26,28)/b21-18-. The summed E-state index contributed by atoms with van der Waals surface area (Å²) in [5.74, 6) is 0.499. The van der Waals surface area contributed by atoms with Crippen molar-refractivity contribution in [3.05, 3.63) is 94.4 Å². The number of allylic oxidation sites excluding steroid dienone is 1. The molecule has 0 saturated heterocycles. The van der Waals surface area contributed by atoms with E-state index in [0.717, 1.165) is 28.3 Å². The second-order valence-electron chi connectivity index (χ2n) is 6.26. The molecule has 142 valence electrons. The number of rotatable bonds is 6. The highest BCUT2D eigenvalue weighted by Gasteiger charge is 2.18. The number of thioether (sulfide) groups is 1. The van der Waals surface area contributed by atoms with Crippen LogP contribution in [0.3, 0.4) is 0 Å². The first-order valence-electron chi connectivity index (χ1n) is 9.13. The van der Waals surface area contributed by atoms with Gasteiger partial charge in [0.1, 0.15) is 11.6 Å². The van der Waals surface area contributed by atoms with Gasteiger partial charge < -0.3 is 10.6 Å². The maximum atomic E-state index is 9.74. The molecule has 1 aliphatic heterocycles. The van der Waals surface area contributed by atoms with Crippen molar-refractivity contribution in [3.8, 4) is 6.07 Å². The molecule has 4 rings (SSSR count). The van der Waals surface area contributed by atoms with Gasteiger partial charge in [-0.15, -0.1) is 0 Å². The van der Waals surface area contributed by atoms with E-state index >= 15 is 0 Å². The number of benzene rings is 1. The van der Waals surface area contributed by atoms with Gasteiger partial charge in [-0.2, -0.15) is 5.26 Å². The molecule has 0 saturated carbocycles. The Balaban J connectivity index is 1.46. The molecular weight excluding hydrogens is 380 g/mol. The van der Waals surface area contributed by atoms with Crippen molar-refractivity contribution in [2.24, 2.45) is 0 Å². The molecule has 3 heterocycles. The zero-order valence-electron chi connectivity index (χ0n) is 15.5. The minimum absolute atomic E-state index is 0.495. The van der Waals surface area contributed by atoms with Crippen molar-refractivity contribution in [2.75, 3.05) is 11.9 Å². The van der Waals surface area contributed by atoms with Gasteiger partial charge in [0.05, 0.1) is 16.4 Å². The summed E-state index contributed by atoms with van der Waals surface area (Å²) in [6, 6.07) is 18.0. The maximum absolute atomic E-state index is 9.74. The fourth-order valence-corrected chi connectivity index (χ4v) is 3.72. The van der Waals surface area contributed by atoms with Crippen molar-refractivity contribution in [2.45, 2.75) is 6.42 Å². The van der Waals surface area contributed by atoms with Crippen LogP contribution in [0.4, 0.5) is 5.95 Å². The number of nitriles is 1. The first-order valence-corrected chi connectivity index (χ1v) is 10.0. The van der Waals surface area contributed by atoms with Gasteiger partial charge in [0.2, 0.25) is 5.95 Å². The third-order valence-electron chi connectivity index (χ3n) is 4.30. The van der Waals surface area contributed by atoms with Gasteiger partial charge >= 0.3 is 0 Å². The highest BCUT2D eigenvalue weighted by atomic mass is 32.2. The van der Waals surface area contributed by atoms with Gasteiger partial charge in [0, 0.05) is 30.5 Å². The summed E-state index contributed by atoms with van der Waals surface area (Å²) in [4.78, 5) is 12.9. The SMILES string of the molecule is N#C/C(=C1\NC(c2ccccc2)=CS1)c1ccnc(NCCc2cccnc2)n1. The molecule has 0 amide bonds. The molecule has 1 aliphatic rings. The third-order valence-corrected chi connectivity index (χ3v) is 5.19. The number of hydrogen-bond acceptors (Lipinski definition) is 7. The molecule has 3 aromatic rings. The molecule has 2 N–H and O–H groups in total. The minimum atomic E-state index is 0.495. The average Bonchev–Trinajstić information content (AvgIpc) is 3.26. The Morgan fingerprint density at radius 1 is 1.10 bits per heavy atom. The Morgan fingerprint density at radius 2 is 2.00 bits per heavy atom. The number of nitrogens with one attached hydrogen (secondary N) is 2. The average molecular weight is 398 g/mol. The fourth-order valence-electron chi connectivity index (χ4n) is 2.85. The van der Waals surface area contributed by atoms with Gasteiger partial charge in [-0.05, 0) is 29.7 Å². The Morgan fingerprint density at radius 3 is 2.79 bits per heavy atom. The lowest BCUT2D eigenvalue weighted by molar-refractivity contribution is 0.971. The fraction of sp³-hybridized carbons (Fsp3) is 0.0909. The first-order chi connectivity index (χ1) is 14.3. The van der Waals surface area contributed by atoms with Crippen LogP contribution in [0.5, 0.6) is 0 Å². The number of aromatic nitrogens is 3. The summed E-state index contributed by atoms with van der Waals surface area (Å²) >= 11 is 1.49. The summed E-state index contributed by atoms with van der Waals surface area (Å²) in [7, 11) is 0. The van der Waals surface area contributed by atoms with E-state index in [4.69, 9.17) is 0 Å². The number of hydrogen-bond donors (Lipinski definition) is 2. The van der Waals surface area contributed by atoms with Crippen LogP contribution in [0, 0.1) is 11.3 Å². The zero-order chi connectivity index (χ0) is 19.9. The van der Waals surface area contributed by atoms with Crippen LogP contribution in [0.25, 0.3) is 11.3 Å². The number of nitrogens with zero attached hydrogens (tertiary/aromatic N) is 4. The topological polar surface area (TPSA) is 86.5 Å². The second-order valence-corrected chi connectivity index (χ2v) is 7.14. The van der Waals surface area contributed by atoms with E-state index in [2.05, 4.69) is 31.7 Å². The van der Waals surface area contributed by atoms with Crippen molar-refractivity contribution in [1.29, 1.82) is 5.26 Å². The Bertz CT molecular complexity index is 1090. The van der Waals surface area contributed by atoms with Gasteiger partial charge in [-0.1, -0.05) is 48.2 Å². The van der Waals surface area contributed by atoms with Gasteiger partial charge in [-0.3, -0.25) is 4.98 Å². The molecule has 0 atom stereocenters. The van der Waals surface area contributed by atoms with Crippen LogP contribution < -0.4 is 10.6 Å². The van der Waals surface area contributed by atoms with Crippen LogP contribution in [0.1, 0.15) is 16.8 Å². The number of anilines is 1. The molecule has 2 aromatic heterocycles. The van der Waals surface area contributed by atoms with E-state index in [1.165, 1.54) is 11.8 Å². The Kier molecular flexibility index (Phi) is 5.84. The number of pyridine rings is 1. The quantitative estimate of drug-likeness (QED) is 0.606. The Hall–Kier alpha value is -3.63. The molecule has 7 heteroatoms. The van der Waals surface area contributed by atoms with E-state index < -0.39 is 0 Å². The summed E-state index contributed by atoms with van der Waals surface area (Å²) in [6.45, 7) is 0.681. The summed E-state index contributed by atoms with van der Waals surface area (Å²) < 4.78 is 0. The van der Waals surface area contributed by atoms with Gasteiger partial charge in [0.25, 0.3) is 0 Å². The van der Waals surface area contributed by atoms with E-state index in [-0.39, 0.29) is 0 Å². The maximum Gasteiger partial charge on any atom is 0.223 e. The van der Waals surface area contributed by atoms with E-state index in [0.29, 0.717) is 23.8 Å². The van der Waals surface area contributed by atoms with Crippen molar-refractivity contribution >= 4 is 29.0 Å². The van der Waals surface area contributed by atoms with Crippen LogP contribution in [0.15, 0.2) is 77.6 Å². The lowest BCUT2D eigenvalue weighted by Gasteiger charge is -2.09. The molecule has 29 heavy (non-hydrogen) atoms. The minimum Gasteiger partial charge on any atom is -0.354 e. The molecule has 0 radical (unpaired) electrons. The molecule has 0 fully saturated rings. The summed E-state index contributed by atoms with van der Waals surface area (Å²) in [6.07, 6.45) is 6.08. The van der Waals surface area contributed by atoms with E-state index in [1.807, 2.05) is 54.1 Å². The van der Waals surface area contributed by atoms with Crippen molar-refractivity contribution in [3.63, 3.8) is 0 Å². The molecule has 0 bridgehead atoms. The Labute approximate surface area is 173 Å². The van der Waals surface area contributed by atoms with Crippen LogP contribution in [-0.4, -0.2) is 21.5 Å².